The van der Waals surface area contributed by atoms with E-state index in [9.17, 15) is 9.59 Å². The molecule has 0 radical (unpaired) electrons. The predicted octanol–water partition coefficient (Wildman–Crippen LogP) is 1.96. The summed E-state index contributed by atoms with van der Waals surface area (Å²) in [4.78, 5) is 24.8. The van der Waals surface area contributed by atoms with Crippen molar-refractivity contribution in [2.45, 2.75) is 26.1 Å². The fraction of sp³-hybridized carbons (Fsp3) is 0.182. The standard InChI is InChI=1S/C22H21N5O4/c1-12-14(7-8-20(28)23-22-24-26-27-25-22)21(29)31-19-10-18-16(9-15(12)19)17(11-30-18)13-5-3-2-4-6-13/h2-6,9-11,22,24-27H,7-8H2,1H3,(H,23,28). The van der Waals surface area contributed by atoms with Crippen molar-refractivity contribution in [1.82, 2.24) is 27.2 Å². The van der Waals surface area contributed by atoms with Gasteiger partial charge in [-0.25, -0.2) is 15.6 Å². The second-order valence-electron chi connectivity index (χ2n) is 7.39. The lowest BCUT2D eigenvalue weighted by atomic mass is 9.99. The lowest BCUT2D eigenvalue weighted by Crippen LogP contribution is -2.49. The largest absolute Gasteiger partial charge is 0.464 e. The number of fused-ring (bicyclic) bond motifs is 2. The van der Waals surface area contributed by atoms with Gasteiger partial charge in [-0.15, -0.1) is 0 Å². The van der Waals surface area contributed by atoms with Crippen molar-refractivity contribution in [3.63, 3.8) is 0 Å². The first-order chi connectivity index (χ1) is 15.1. The molecule has 0 bridgehead atoms. The van der Waals surface area contributed by atoms with Crippen LogP contribution in [0.2, 0.25) is 0 Å². The smallest absolute Gasteiger partial charge is 0.339 e. The van der Waals surface area contributed by atoms with Gasteiger partial charge < -0.3 is 14.2 Å². The van der Waals surface area contributed by atoms with Crippen molar-refractivity contribution < 1.29 is 13.6 Å². The van der Waals surface area contributed by atoms with E-state index in [1.807, 2.05) is 43.3 Å². The number of carbonyl (C=O) groups excluding carboxylic acids is 1. The summed E-state index contributed by atoms with van der Waals surface area (Å²) in [7, 11) is 0. The molecule has 5 rings (SSSR count). The van der Waals surface area contributed by atoms with Crippen LogP contribution < -0.4 is 32.9 Å². The third-order valence-corrected chi connectivity index (χ3v) is 5.47. The average Bonchev–Trinajstić information content (AvgIpc) is 3.42. The number of furan rings is 1. The maximum absolute atomic E-state index is 12.6. The summed E-state index contributed by atoms with van der Waals surface area (Å²) in [6.07, 6.45) is 1.71. The van der Waals surface area contributed by atoms with Crippen LogP contribution in [-0.2, 0) is 11.2 Å². The van der Waals surface area contributed by atoms with Gasteiger partial charge in [0, 0.05) is 34.4 Å². The molecule has 1 saturated heterocycles. The second kappa shape index (κ2) is 7.97. The Morgan fingerprint density at radius 1 is 1.06 bits per heavy atom. The molecule has 3 heterocycles. The van der Waals surface area contributed by atoms with Crippen LogP contribution in [-0.4, -0.2) is 12.2 Å². The van der Waals surface area contributed by atoms with Crippen LogP contribution in [0.4, 0.5) is 0 Å². The third kappa shape index (κ3) is 3.71. The van der Waals surface area contributed by atoms with Gasteiger partial charge in [0.25, 0.3) is 0 Å². The van der Waals surface area contributed by atoms with E-state index in [2.05, 4.69) is 27.2 Å². The zero-order valence-electron chi connectivity index (χ0n) is 16.7. The number of hydrogen-bond acceptors (Lipinski definition) is 8. The Hall–Kier alpha value is -3.50. The minimum absolute atomic E-state index is 0.153. The molecule has 4 aromatic rings. The second-order valence-corrected chi connectivity index (χ2v) is 7.39. The number of hydrogen-bond donors (Lipinski definition) is 5. The zero-order chi connectivity index (χ0) is 21.4. The number of aryl methyl sites for hydroxylation is 1. The van der Waals surface area contributed by atoms with Gasteiger partial charge in [-0.05, 0) is 30.5 Å². The monoisotopic (exact) mass is 419 g/mol. The van der Waals surface area contributed by atoms with Crippen LogP contribution in [0.5, 0.6) is 0 Å². The normalized spacial score (nSPS) is 14.5. The predicted molar refractivity (Wildman–Crippen MR) is 115 cm³/mol. The summed E-state index contributed by atoms with van der Waals surface area (Å²) < 4.78 is 11.3. The molecule has 1 amide bonds. The van der Waals surface area contributed by atoms with Crippen LogP contribution in [0.15, 0.2) is 62.4 Å². The van der Waals surface area contributed by atoms with Crippen LogP contribution >= 0.6 is 0 Å². The lowest BCUT2D eigenvalue weighted by Gasteiger charge is -2.12. The Bertz CT molecular complexity index is 1320. The van der Waals surface area contributed by atoms with Gasteiger partial charge in [0.05, 0.1) is 6.26 Å². The van der Waals surface area contributed by atoms with E-state index in [0.29, 0.717) is 16.7 Å². The first kappa shape index (κ1) is 19.5. The third-order valence-electron chi connectivity index (χ3n) is 5.47. The molecule has 0 spiro atoms. The topological polar surface area (TPSA) is 121 Å². The Morgan fingerprint density at radius 2 is 1.84 bits per heavy atom. The Balaban J connectivity index is 1.48. The molecular weight excluding hydrogens is 398 g/mol. The molecule has 1 aliphatic heterocycles. The molecular formula is C22H21N5O4. The zero-order valence-corrected chi connectivity index (χ0v) is 16.7. The van der Waals surface area contributed by atoms with E-state index in [0.717, 1.165) is 27.5 Å². The van der Waals surface area contributed by atoms with E-state index >= 15 is 0 Å². The molecule has 9 heteroatoms. The highest BCUT2D eigenvalue weighted by Gasteiger charge is 2.18. The number of carbonyl (C=O) groups is 1. The first-order valence-electron chi connectivity index (χ1n) is 9.93. The van der Waals surface area contributed by atoms with Crippen molar-refractivity contribution >= 4 is 27.8 Å². The fourth-order valence-corrected chi connectivity index (χ4v) is 3.84. The Labute approximate surface area is 176 Å². The van der Waals surface area contributed by atoms with Crippen molar-refractivity contribution in [2.24, 2.45) is 0 Å². The van der Waals surface area contributed by atoms with Crippen molar-refractivity contribution in [1.29, 1.82) is 0 Å². The van der Waals surface area contributed by atoms with Crippen LogP contribution in [0.3, 0.4) is 0 Å². The molecule has 1 aliphatic rings. The van der Waals surface area contributed by atoms with Gasteiger partial charge in [0.2, 0.25) is 5.91 Å². The average molecular weight is 419 g/mol. The molecule has 0 unspecified atom stereocenters. The van der Waals surface area contributed by atoms with Gasteiger partial charge in [-0.2, -0.15) is 11.1 Å². The molecule has 0 aliphatic carbocycles. The molecule has 0 saturated carbocycles. The summed E-state index contributed by atoms with van der Waals surface area (Å²) in [5.41, 5.74) is 14.8. The van der Waals surface area contributed by atoms with E-state index in [1.165, 1.54) is 0 Å². The highest BCUT2D eigenvalue weighted by Crippen LogP contribution is 2.34. The minimum atomic E-state index is -0.438. The summed E-state index contributed by atoms with van der Waals surface area (Å²) in [5.74, 6) is -0.203. The van der Waals surface area contributed by atoms with Gasteiger partial charge >= 0.3 is 5.63 Å². The molecule has 2 aromatic carbocycles. The first-order valence-corrected chi connectivity index (χ1v) is 9.93. The SMILES string of the molecule is Cc1c(CCC(=O)NC2NNNN2)c(=O)oc2cc3occ(-c4ccccc4)c3cc12. The highest BCUT2D eigenvalue weighted by atomic mass is 16.4. The van der Waals surface area contributed by atoms with Crippen LogP contribution in [0.1, 0.15) is 17.5 Å². The van der Waals surface area contributed by atoms with E-state index < -0.39 is 11.9 Å². The van der Waals surface area contributed by atoms with Crippen molar-refractivity contribution in [3.05, 3.63) is 70.3 Å². The number of rotatable bonds is 5. The van der Waals surface area contributed by atoms with E-state index in [4.69, 9.17) is 8.83 Å². The minimum Gasteiger partial charge on any atom is -0.464 e. The molecule has 1 fully saturated rings. The highest BCUT2D eigenvalue weighted by molar-refractivity contribution is 6.02. The maximum Gasteiger partial charge on any atom is 0.339 e. The van der Waals surface area contributed by atoms with Crippen molar-refractivity contribution in [3.8, 4) is 11.1 Å². The van der Waals surface area contributed by atoms with E-state index in [-0.39, 0.29) is 18.7 Å². The molecule has 2 aromatic heterocycles. The Kier molecular flexibility index (Phi) is 5.00. The lowest BCUT2D eigenvalue weighted by molar-refractivity contribution is -0.122. The fourth-order valence-electron chi connectivity index (χ4n) is 3.84. The quantitative estimate of drug-likeness (QED) is 0.312. The molecule has 9 nitrogen and oxygen atoms in total. The summed E-state index contributed by atoms with van der Waals surface area (Å²) in [6.45, 7) is 1.88. The molecule has 31 heavy (non-hydrogen) atoms. The van der Waals surface area contributed by atoms with Crippen molar-refractivity contribution in [2.75, 3.05) is 0 Å². The molecule has 158 valence electrons. The summed E-state index contributed by atoms with van der Waals surface area (Å²) in [6, 6.07) is 13.7. The summed E-state index contributed by atoms with van der Waals surface area (Å²) in [5, 5.41) is 4.51. The van der Waals surface area contributed by atoms with Gasteiger partial charge in [0.1, 0.15) is 11.2 Å². The number of amides is 1. The van der Waals surface area contributed by atoms with Crippen LogP contribution in [0.25, 0.3) is 33.1 Å². The molecule has 5 N–H and O–H groups in total. The van der Waals surface area contributed by atoms with E-state index in [1.54, 1.807) is 12.3 Å². The van der Waals surface area contributed by atoms with Gasteiger partial charge in [0.15, 0.2) is 6.29 Å². The Morgan fingerprint density at radius 3 is 2.61 bits per heavy atom. The maximum atomic E-state index is 12.6. The number of nitrogens with one attached hydrogen (secondary N) is 5. The number of benzene rings is 2. The van der Waals surface area contributed by atoms with Gasteiger partial charge in [-0.3, -0.25) is 4.79 Å². The number of hydrazine groups is 3. The summed E-state index contributed by atoms with van der Waals surface area (Å²) >= 11 is 0. The van der Waals surface area contributed by atoms with Gasteiger partial charge in [-0.1, -0.05) is 30.3 Å². The van der Waals surface area contributed by atoms with Crippen LogP contribution in [0, 0.1) is 6.92 Å². The molecule has 0 atom stereocenters.